The Kier molecular flexibility index (Phi) is 7.55. The molecule has 0 aliphatic carbocycles. The van der Waals surface area contributed by atoms with Crippen molar-refractivity contribution in [1.29, 1.82) is 0 Å². The van der Waals surface area contributed by atoms with E-state index in [2.05, 4.69) is 5.32 Å². The van der Waals surface area contributed by atoms with E-state index in [9.17, 15) is 24.3 Å². The Morgan fingerprint density at radius 3 is 2.29 bits per heavy atom. The predicted octanol–water partition coefficient (Wildman–Crippen LogP) is 0.931. The maximum absolute atomic E-state index is 14.0. The normalized spacial score (nSPS) is 16.9. The molecule has 1 aliphatic rings. The highest BCUT2D eigenvalue weighted by molar-refractivity contribution is 6.06. The highest BCUT2D eigenvalue weighted by Gasteiger charge is 2.40. The number of phenolic OH excluding ortho intramolecular Hbond substituents is 1. The van der Waals surface area contributed by atoms with Crippen molar-refractivity contribution in [3.8, 4) is 5.75 Å². The van der Waals surface area contributed by atoms with Gasteiger partial charge in [0.15, 0.2) is 6.04 Å². The number of primary amides is 2. The Balaban J connectivity index is 2.02. The SMILES string of the molecule is CCC(C)C(C(=O)N1Cc2ccc(O)cc2CC1C(=O)NC(C(N)=O)C(N)=O)c1ccccc1. The first-order valence-corrected chi connectivity index (χ1v) is 11.2. The van der Waals surface area contributed by atoms with Gasteiger partial charge in [0.05, 0.1) is 5.92 Å². The van der Waals surface area contributed by atoms with Crippen LogP contribution in [0.25, 0.3) is 0 Å². The van der Waals surface area contributed by atoms with Crippen LogP contribution in [0.5, 0.6) is 5.75 Å². The second kappa shape index (κ2) is 10.4. The molecule has 3 rings (SSSR count). The van der Waals surface area contributed by atoms with Gasteiger partial charge in [-0.15, -0.1) is 0 Å². The number of rotatable bonds is 8. The fourth-order valence-electron chi connectivity index (χ4n) is 4.34. The second-order valence-electron chi connectivity index (χ2n) is 8.66. The van der Waals surface area contributed by atoms with Crippen molar-refractivity contribution in [2.24, 2.45) is 17.4 Å². The molecule has 0 bridgehead atoms. The summed E-state index contributed by atoms with van der Waals surface area (Å²) < 4.78 is 0. The van der Waals surface area contributed by atoms with E-state index < -0.39 is 35.7 Å². The number of benzene rings is 2. The molecule has 0 saturated heterocycles. The van der Waals surface area contributed by atoms with Crippen LogP contribution in [0, 0.1) is 5.92 Å². The van der Waals surface area contributed by atoms with Gasteiger partial charge in [-0.05, 0) is 34.7 Å². The molecule has 0 aromatic heterocycles. The Bertz CT molecular complexity index is 1070. The minimum absolute atomic E-state index is 0.0104. The summed E-state index contributed by atoms with van der Waals surface area (Å²) in [5.74, 6) is -3.61. The first-order valence-electron chi connectivity index (χ1n) is 11.2. The van der Waals surface area contributed by atoms with Crippen molar-refractivity contribution < 1.29 is 24.3 Å². The maximum Gasteiger partial charge on any atom is 0.249 e. The molecule has 9 heteroatoms. The van der Waals surface area contributed by atoms with Gasteiger partial charge in [0.1, 0.15) is 11.8 Å². The van der Waals surface area contributed by atoms with Gasteiger partial charge in [0.2, 0.25) is 23.6 Å². The van der Waals surface area contributed by atoms with Crippen LogP contribution < -0.4 is 16.8 Å². The molecule has 0 radical (unpaired) electrons. The summed E-state index contributed by atoms with van der Waals surface area (Å²) in [5.41, 5.74) is 12.8. The second-order valence-corrected chi connectivity index (χ2v) is 8.66. The maximum atomic E-state index is 14.0. The molecular formula is C25H30N4O5. The Labute approximate surface area is 198 Å². The number of hydrogen-bond donors (Lipinski definition) is 4. The number of phenols is 1. The van der Waals surface area contributed by atoms with Gasteiger partial charge < -0.3 is 26.8 Å². The first-order chi connectivity index (χ1) is 16.1. The predicted molar refractivity (Wildman–Crippen MR) is 125 cm³/mol. The van der Waals surface area contributed by atoms with E-state index in [4.69, 9.17) is 11.5 Å². The fourth-order valence-corrected chi connectivity index (χ4v) is 4.34. The smallest absolute Gasteiger partial charge is 0.249 e. The van der Waals surface area contributed by atoms with Gasteiger partial charge in [-0.25, -0.2) is 0 Å². The van der Waals surface area contributed by atoms with Crippen molar-refractivity contribution >= 4 is 23.6 Å². The highest BCUT2D eigenvalue weighted by Crippen LogP contribution is 2.34. The molecular weight excluding hydrogens is 436 g/mol. The summed E-state index contributed by atoms with van der Waals surface area (Å²) >= 11 is 0. The first kappa shape index (κ1) is 24.8. The lowest BCUT2D eigenvalue weighted by Gasteiger charge is -2.39. The van der Waals surface area contributed by atoms with E-state index in [1.54, 1.807) is 12.1 Å². The Hall–Kier alpha value is -3.88. The molecule has 4 amide bonds. The molecule has 34 heavy (non-hydrogen) atoms. The van der Waals surface area contributed by atoms with Gasteiger partial charge in [0, 0.05) is 13.0 Å². The number of aromatic hydroxyl groups is 1. The molecule has 3 unspecified atom stereocenters. The monoisotopic (exact) mass is 466 g/mol. The van der Waals surface area contributed by atoms with E-state index in [0.717, 1.165) is 17.5 Å². The number of nitrogens with zero attached hydrogens (tertiary/aromatic N) is 1. The zero-order chi connectivity index (χ0) is 25.0. The molecule has 0 fully saturated rings. The molecule has 2 aromatic rings. The minimum atomic E-state index is -1.70. The van der Waals surface area contributed by atoms with Gasteiger partial charge in [-0.2, -0.15) is 0 Å². The zero-order valence-corrected chi connectivity index (χ0v) is 19.2. The molecule has 0 saturated carbocycles. The number of nitrogens with two attached hydrogens (primary N) is 2. The summed E-state index contributed by atoms with van der Waals surface area (Å²) in [7, 11) is 0. The van der Waals surface area contributed by atoms with Crippen LogP contribution in [0.4, 0.5) is 0 Å². The van der Waals surface area contributed by atoms with Gasteiger partial charge in [-0.3, -0.25) is 19.2 Å². The van der Waals surface area contributed by atoms with Crippen LogP contribution in [0.2, 0.25) is 0 Å². The van der Waals surface area contributed by atoms with Crippen molar-refractivity contribution in [3.05, 3.63) is 65.2 Å². The summed E-state index contributed by atoms with van der Waals surface area (Å²) in [6, 6.07) is 11.4. The number of carbonyl (C=O) groups is 4. The fraction of sp³-hybridized carbons (Fsp3) is 0.360. The zero-order valence-electron chi connectivity index (χ0n) is 19.2. The van der Waals surface area contributed by atoms with Crippen LogP contribution in [0.3, 0.4) is 0 Å². The Morgan fingerprint density at radius 2 is 1.71 bits per heavy atom. The lowest BCUT2D eigenvalue weighted by molar-refractivity contribution is -0.145. The number of nitrogens with one attached hydrogen (secondary N) is 1. The third kappa shape index (κ3) is 5.19. The van der Waals surface area contributed by atoms with E-state index in [-0.39, 0.29) is 30.5 Å². The number of carbonyl (C=O) groups excluding carboxylic acids is 4. The van der Waals surface area contributed by atoms with Gasteiger partial charge in [0.25, 0.3) is 0 Å². The molecule has 180 valence electrons. The van der Waals surface area contributed by atoms with Crippen LogP contribution in [0.1, 0.15) is 42.9 Å². The van der Waals surface area contributed by atoms with Crippen molar-refractivity contribution in [2.45, 2.75) is 51.2 Å². The highest BCUT2D eigenvalue weighted by atomic mass is 16.3. The third-order valence-corrected chi connectivity index (χ3v) is 6.40. The quantitative estimate of drug-likeness (QED) is 0.426. The van der Waals surface area contributed by atoms with Crippen molar-refractivity contribution in [1.82, 2.24) is 10.2 Å². The van der Waals surface area contributed by atoms with E-state index in [1.165, 1.54) is 11.0 Å². The molecule has 1 aliphatic heterocycles. The Morgan fingerprint density at radius 1 is 1.06 bits per heavy atom. The molecule has 9 nitrogen and oxygen atoms in total. The topological polar surface area (TPSA) is 156 Å². The number of hydrogen-bond acceptors (Lipinski definition) is 5. The summed E-state index contributed by atoms with van der Waals surface area (Å²) in [4.78, 5) is 51.9. The minimum Gasteiger partial charge on any atom is -0.508 e. The van der Waals surface area contributed by atoms with Crippen LogP contribution >= 0.6 is 0 Å². The van der Waals surface area contributed by atoms with Gasteiger partial charge in [-0.1, -0.05) is 56.7 Å². The summed E-state index contributed by atoms with van der Waals surface area (Å²) in [6.07, 6.45) is 0.833. The molecule has 3 atom stereocenters. The largest absolute Gasteiger partial charge is 0.508 e. The average molecular weight is 467 g/mol. The molecule has 6 N–H and O–H groups in total. The third-order valence-electron chi connectivity index (χ3n) is 6.40. The molecule has 2 aromatic carbocycles. The van der Waals surface area contributed by atoms with E-state index in [0.29, 0.717) is 5.56 Å². The van der Waals surface area contributed by atoms with Crippen molar-refractivity contribution in [2.75, 3.05) is 0 Å². The summed E-state index contributed by atoms with van der Waals surface area (Å²) in [5, 5.41) is 12.2. The van der Waals surface area contributed by atoms with E-state index in [1.807, 2.05) is 44.2 Å². The van der Waals surface area contributed by atoms with Crippen molar-refractivity contribution in [3.63, 3.8) is 0 Å². The average Bonchev–Trinajstić information content (AvgIpc) is 2.81. The summed E-state index contributed by atoms with van der Waals surface area (Å²) in [6.45, 7) is 4.11. The standard InChI is InChI=1S/C25H30N4O5/c1-3-14(2)20(15-7-5-4-6-8-15)25(34)29-13-16-9-10-18(30)11-17(16)12-19(29)24(33)28-21(22(26)31)23(27)32/h4-11,14,19-21,30H,3,12-13H2,1-2H3,(H2,26,31)(H2,27,32)(H,28,33). The van der Waals surface area contributed by atoms with Crippen LogP contribution in [0.15, 0.2) is 48.5 Å². The molecule has 0 spiro atoms. The van der Waals surface area contributed by atoms with Crippen LogP contribution in [-0.2, 0) is 32.1 Å². The number of amides is 4. The number of fused-ring (bicyclic) bond motifs is 1. The lowest BCUT2D eigenvalue weighted by atomic mass is 9.83. The van der Waals surface area contributed by atoms with Crippen LogP contribution in [-0.4, -0.2) is 45.7 Å². The van der Waals surface area contributed by atoms with E-state index >= 15 is 0 Å². The van der Waals surface area contributed by atoms with Gasteiger partial charge >= 0.3 is 0 Å². The lowest BCUT2D eigenvalue weighted by Crippen LogP contribution is -2.59. The molecule has 1 heterocycles.